The van der Waals surface area contributed by atoms with Gasteiger partial charge in [-0.25, -0.2) is 0 Å². The van der Waals surface area contributed by atoms with E-state index in [0.29, 0.717) is 12.6 Å². The maximum atomic E-state index is 5.72. The van der Waals surface area contributed by atoms with Gasteiger partial charge in [-0.2, -0.15) is 0 Å². The molecule has 1 saturated carbocycles. The van der Waals surface area contributed by atoms with Gasteiger partial charge >= 0.3 is 0 Å². The lowest BCUT2D eigenvalue weighted by Crippen LogP contribution is -2.44. The second kappa shape index (κ2) is 6.58. The molecule has 2 rings (SSSR count). The molecule has 1 aliphatic heterocycles. The van der Waals surface area contributed by atoms with E-state index in [-0.39, 0.29) is 0 Å². The molecule has 16 heavy (non-hydrogen) atoms. The van der Waals surface area contributed by atoms with Crippen LogP contribution in [0.1, 0.15) is 44.9 Å². The van der Waals surface area contributed by atoms with E-state index >= 15 is 0 Å². The van der Waals surface area contributed by atoms with Crippen LogP contribution in [0.15, 0.2) is 0 Å². The quantitative estimate of drug-likeness (QED) is 0.794. The van der Waals surface area contributed by atoms with Crippen LogP contribution in [-0.4, -0.2) is 43.3 Å². The summed E-state index contributed by atoms with van der Waals surface area (Å²) in [6.07, 6.45) is 10.1. The van der Waals surface area contributed by atoms with E-state index < -0.39 is 0 Å². The molecule has 0 aromatic rings. The molecule has 3 nitrogen and oxygen atoms in total. The van der Waals surface area contributed by atoms with Gasteiger partial charge in [0.1, 0.15) is 0 Å². The Labute approximate surface area is 99.3 Å². The molecule has 2 N–H and O–H groups in total. The van der Waals surface area contributed by atoms with Crippen molar-refractivity contribution in [2.45, 2.75) is 57.1 Å². The molecule has 0 aromatic heterocycles. The summed E-state index contributed by atoms with van der Waals surface area (Å²) < 4.78 is 5.72. The van der Waals surface area contributed by atoms with Crippen LogP contribution in [0, 0.1) is 0 Å². The van der Waals surface area contributed by atoms with Crippen molar-refractivity contribution in [2.24, 2.45) is 5.73 Å². The average molecular weight is 226 g/mol. The highest BCUT2D eigenvalue weighted by atomic mass is 16.5. The number of nitrogens with two attached hydrogens (primary N) is 1. The van der Waals surface area contributed by atoms with Gasteiger partial charge in [-0.1, -0.05) is 19.3 Å². The Kier molecular flexibility index (Phi) is 5.07. The Morgan fingerprint density at radius 3 is 2.31 bits per heavy atom. The molecular weight excluding hydrogens is 200 g/mol. The number of hydrogen-bond acceptors (Lipinski definition) is 3. The zero-order valence-corrected chi connectivity index (χ0v) is 10.4. The molecule has 1 saturated heterocycles. The number of piperidine rings is 1. The van der Waals surface area contributed by atoms with E-state index in [9.17, 15) is 0 Å². The summed E-state index contributed by atoms with van der Waals surface area (Å²) in [4.78, 5) is 2.70. The first-order valence-electron chi connectivity index (χ1n) is 6.96. The van der Waals surface area contributed by atoms with Crippen molar-refractivity contribution < 1.29 is 4.74 Å². The molecule has 0 spiro atoms. The van der Waals surface area contributed by atoms with Crippen molar-refractivity contribution >= 4 is 0 Å². The predicted molar refractivity (Wildman–Crippen MR) is 66.5 cm³/mol. The summed E-state index contributed by atoms with van der Waals surface area (Å²) in [5.41, 5.74) is 5.45. The van der Waals surface area contributed by atoms with Crippen molar-refractivity contribution in [2.75, 3.05) is 26.2 Å². The summed E-state index contributed by atoms with van der Waals surface area (Å²) in [6, 6.07) is 0.879. The van der Waals surface area contributed by atoms with E-state index in [4.69, 9.17) is 10.5 Å². The van der Waals surface area contributed by atoms with Crippen molar-refractivity contribution in [1.82, 2.24) is 4.90 Å². The van der Waals surface area contributed by atoms with Gasteiger partial charge in [-0.3, -0.25) is 0 Å². The van der Waals surface area contributed by atoms with Crippen LogP contribution >= 0.6 is 0 Å². The molecule has 0 amide bonds. The molecule has 1 aliphatic carbocycles. The number of likely N-dealkylation sites (tertiary alicyclic amines) is 1. The molecule has 0 atom stereocenters. The molecule has 0 bridgehead atoms. The van der Waals surface area contributed by atoms with Gasteiger partial charge in [0.15, 0.2) is 0 Å². The average Bonchev–Trinajstić information content (AvgIpc) is 2.38. The molecule has 2 fully saturated rings. The van der Waals surface area contributed by atoms with Crippen molar-refractivity contribution in [1.29, 1.82) is 0 Å². The zero-order valence-electron chi connectivity index (χ0n) is 10.4. The maximum absolute atomic E-state index is 5.72. The molecule has 3 heteroatoms. The highest BCUT2D eigenvalue weighted by Gasteiger charge is 2.26. The van der Waals surface area contributed by atoms with E-state index in [0.717, 1.165) is 12.6 Å². The summed E-state index contributed by atoms with van der Waals surface area (Å²) in [5.74, 6) is 0. The van der Waals surface area contributed by atoms with Crippen LogP contribution in [0.3, 0.4) is 0 Å². The van der Waals surface area contributed by atoms with Crippen LogP contribution in [0.4, 0.5) is 0 Å². The lowest BCUT2D eigenvalue weighted by molar-refractivity contribution is -0.00259. The molecular formula is C13H26N2O. The van der Waals surface area contributed by atoms with Crippen LogP contribution < -0.4 is 5.73 Å². The van der Waals surface area contributed by atoms with Crippen molar-refractivity contribution in [3.63, 3.8) is 0 Å². The minimum atomic E-state index is 0.475. The summed E-state index contributed by atoms with van der Waals surface area (Å²) in [7, 11) is 0. The topological polar surface area (TPSA) is 38.5 Å². The molecule has 94 valence electrons. The lowest BCUT2D eigenvalue weighted by Gasteiger charge is -2.39. The third-order valence-corrected chi connectivity index (χ3v) is 4.04. The highest BCUT2D eigenvalue weighted by molar-refractivity contribution is 4.81. The fraction of sp³-hybridized carbons (Fsp3) is 1.00. The van der Waals surface area contributed by atoms with Gasteiger partial charge < -0.3 is 15.4 Å². The largest absolute Gasteiger partial charge is 0.377 e. The van der Waals surface area contributed by atoms with Gasteiger partial charge in [0.25, 0.3) is 0 Å². The second-order valence-corrected chi connectivity index (χ2v) is 5.19. The van der Waals surface area contributed by atoms with E-state index in [1.807, 2.05) is 0 Å². The normalized spacial score (nSPS) is 26.1. The minimum Gasteiger partial charge on any atom is -0.377 e. The first-order valence-corrected chi connectivity index (χ1v) is 6.96. The molecule has 1 heterocycles. The Hall–Kier alpha value is -0.120. The van der Waals surface area contributed by atoms with E-state index in [1.54, 1.807) is 0 Å². The van der Waals surface area contributed by atoms with Crippen LogP contribution in [0.25, 0.3) is 0 Å². The number of nitrogens with zero attached hydrogens (tertiary/aromatic N) is 1. The SMILES string of the molecule is NCCOC1CCN(C2CCCCC2)CC1. The van der Waals surface area contributed by atoms with Crippen LogP contribution in [0.2, 0.25) is 0 Å². The van der Waals surface area contributed by atoms with Crippen molar-refractivity contribution in [3.05, 3.63) is 0 Å². The lowest BCUT2D eigenvalue weighted by atomic mass is 9.92. The summed E-state index contributed by atoms with van der Waals surface area (Å²) >= 11 is 0. The van der Waals surface area contributed by atoms with Gasteiger partial charge in [0.05, 0.1) is 12.7 Å². The Morgan fingerprint density at radius 1 is 1.00 bits per heavy atom. The Morgan fingerprint density at radius 2 is 1.69 bits per heavy atom. The van der Waals surface area contributed by atoms with Gasteiger partial charge in [-0.05, 0) is 25.7 Å². The van der Waals surface area contributed by atoms with Crippen molar-refractivity contribution in [3.8, 4) is 0 Å². The van der Waals surface area contributed by atoms with E-state index in [2.05, 4.69) is 4.90 Å². The predicted octanol–water partition coefficient (Wildman–Crippen LogP) is 1.76. The minimum absolute atomic E-state index is 0.475. The molecule has 2 aliphatic rings. The highest BCUT2D eigenvalue weighted by Crippen LogP contribution is 2.25. The molecule has 0 radical (unpaired) electrons. The van der Waals surface area contributed by atoms with Gasteiger partial charge in [0.2, 0.25) is 0 Å². The molecule has 0 unspecified atom stereocenters. The van der Waals surface area contributed by atoms with Gasteiger partial charge in [0, 0.05) is 25.7 Å². The van der Waals surface area contributed by atoms with Crippen LogP contribution in [-0.2, 0) is 4.74 Å². The third kappa shape index (κ3) is 3.44. The number of rotatable bonds is 4. The summed E-state index contributed by atoms with van der Waals surface area (Å²) in [5, 5.41) is 0. The zero-order chi connectivity index (χ0) is 11.2. The number of hydrogen-bond donors (Lipinski definition) is 1. The smallest absolute Gasteiger partial charge is 0.0600 e. The fourth-order valence-corrected chi connectivity index (χ4v) is 3.09. The van der Waals surface area contributed by atoms with E-state index in [1.165, 1.54) is 58.0 Å². The molecule has 0 aromatic carbocycles. The Balaban J connectivity index is 1.67. The second-order valence-electron chi connectivity index (χ2n) is 5.19. The standard InChI is InChI=1S/C13H26N2O/c14-8-11-16-13-6-9-15(10-7-13)12-4-2-1-3-5-12/h12-13H,1-11,14H2. The number of ether oxygens (including phenoxy) is 1. The first-order chi connectivity index (χ1) is 7.90. The van der Waals surface area contributed by atoms with Gasteiger partial charge in [-0.15, -0.1) is 0 Å². The first kappa shape index (κ1) is 12.3. The fourth-order valence-electron chi connectivity index (χ4n) is 3.09. The third-order valence-electron chi connectivity index (χ3n) is 4.04. The van der Waals surface area contributed by atoms with Crippen LogP contribution in [0.5, 0.6) is 0 Å². The summed E-state index contributed by atoms with van der Waals surface area (Å²) in [6.45, 7) is 3.86. The maximum Gasteiger partial charge on any atom is 0.0600 e. The Bertz CT molecular complexity index is 184. The monoisotopic (exact) mass is 226 g/mol.